The van der Waals surface area contributed by atoms with E-state index in [1.54, 1.807) is 0 Å². The number of anilines is 1. The summed E-state index contributed by atoms with van der Waals surface area (Å²) in [5.41, 5.74) is 5.21. The number of nitrogens with one attached hydrogen (secondary N) is 1. The first-order valence-corrected chi connectivity index (χ1v) is 11.2. The summed E-state index contributed by atoms with van der Waals surface area (Å²) in [7, 11) is 0. The Hall–Kier alpha value is -2.17. The van der Waals surface area contributed by atoms with E-state index < -0.39 is 0 Å². The molecule has 1 aliphatic rings. The van der Waals surface area contributed by atoms with Crippen molar-refractivity contribution >= 4 is 35.1 Å². The molecule has 0 aromatic heterocycles. The molecule has 0 spiro atoms. The van der Waals surface area contributed by atoms with Crippen LogP contribution in [0, 0.1) is 0 Å². The van der Waals surface area contributed by atoms with Crippen molar-refractivity contribution < 1.29 is 4.79 Å². The first-order valence-electron chi connectivity index (χ1n) is 9.06. The molecule has 3 aromatic rings. The quantitative estimate of drug-likeness (QED) is 0.577. The van der Waals surface area contributed by atoms with Gasteiger partial charge in [0, 0.05) is 22.8 Å². The van der Waals surface area contributed by atoms with Crippen molar-refractivity contribution in [3.63, 3.8) is 0 Å². The predicted octanol–water partition coefficient (Wildman–Crippen LogP) is 6.01. The lowest BCUT2D eigenvalue weighted by atomic mass is 10.0. The van der Waals surface area contributed by atoms with E-state index in [-0.39, 0.29) is 5.91 Å². The van der Waals surface area contributed by atoms with E-state index >= 15 is 0 Å². The van der Waals surface area contributed by atoms with Crippen LogP contribution < -0.4 is 5.32 Å². The Morgan fingerprint density at radius 1 is 0.852 bits per heavy atom. The topological polar surface area (TPSA) is 29.1 Å². The first-order chi connectivity index (χ1) is 13.3. The van der Waals surface area contributed by atoms with Crippen LogP contribution in [0.25, 0.3) is 0 Å². The van der Waals surface area contributed by atoms with Gasteiger partial charge in [-0.15, -0.1) is 23.5 Å². The summed E-state index contributed by atoms with van der Waals surface area (Å²) >= 11 is 3.96. The van der Waals surface area contributed by atoms with E-state index in [0.717, 1.165) is 17.7 Å². The van der Waals surface area contributed by atoms with Crippen LogP contribution in [0.5, 0.6) is 0 Å². The molecule has 0 unspecified atom stereocenters. The number of benzene rings is 3. The maximum atomic E-state index is 12.7. The lowest BCUT2D eigenvalue weighted by Gasteiger charge is -2.12. The standard InChI is InChI=1S/C23H21NOS2/c25-22(18-10-12-19(13-11-18)23-26-14-15-27-23)24-21-9-5-4-8-20(21)16-17-6-2-1-3-7-17/h1-13,23H,14-16H2,(H,24,25). The number of hydrogen-bond donors (Lipinski definition) is 1. The van der Waals surface area contributed by atoms with Gasteiger partial charge in [0.05, 0.1) is 4.58 Å². The minimum atomic E-state index is -0.0613. The molecule has 0 radical (unpaired) electrons. The average Bonchev–Trinajstić information content (AvgIpc) is 3.25. The number of para-hydroxylation sites is 1. The lowest BCUT2D eigenvalue weighted by molar-refractivity contribution is 0.102. The highest BCUT2D eigenvalue weighted by Gasteiger charge is 2.18. The highest BCUT2D eigenvalue weighted by Crippen LogP contribution is 2.45. The van der Waals surface area contributed by atoms with Crippen molar-refractivity contribution in [1.29, 1.82) is 0 Å². The van der Waals surface area contributed by atoms with Gasteiger partial charge in [0.2, 0.25) is 0 Å². The van der Waals surface area contributed by atoms with Crippen LogP contribution in [0.4, 0.5) is 5.69 Å². The molecule has 1 aliphatic heterocycles. The molecule has 1 fully saturated rings. The van der Waals surface area contributed by atoms with E-state index in [0.29, 0.717) is 10.1 Å². The van der Waals surface area contributed by atoms with Crippen molar-refractivity contribution in [1.82, 2.24) is 0 Å². The van der Waals surface area contributed by atoms with Crippen LogP contribution in [0.15, 0.2) is 78.9 Å². The predicted molar refractivity (Wildman–Crippen MR) is 118 cm³/mol. The van der Waals surface area contributed by atoms with Crippen LogP contribution in [0.1, 0.15) is 31.6 Å². The van der Waals surface area contributed by atoms with Crippen molar-refractivity contribution in [2.24, 2.45) is 0 Å². The molecule has 0 bridgehead atoms. The molecule has 1 heterocycles. The maximum absolute atomic E-state index is 12.7. The van der Waals surface area contributed by atoms with Gasteiger partial charge in [0.15, 0.2) is 0 Å². The normalized spacial score (nSPS) is 14.2. The Morgan fingerprint density at radius 3 is 2.26 bits per heavy atom. The zero-order valence-electron chi connectivity index (χ0n) is 14.9. The molecule has 4 heteroatoms. The van der Waals surface area contributed by atoms with E-state index in [2.05, 4.69) is 35.6 Å². The van der Waals surface area contributed by atoms with Gasteiger partial charge in [-0.05, 0) is 41.3 Å². The molecule has 136 valence electrons. The minimum absolute atomic E-state index is 0.0613. The Labute approximate surface area is 168 Å². The zero-order valence-corrected chi connectivity index (χ0v) is 16.6. The van der Waals surface area contributed by atoms with Gasteiger partial charge >= 0.3 is 0 Å². The number of carbonyl (C=O) groups is 1. The van der Waals surface area contributed by atoms with Gasteiger partial charge in [0.1, 0.15) is 0 Å². The van der Waals surface area contributed by atoms with Gasteiger partial charge in [-0.2, -0.15) is 0 Å². The van der Waals surface area contributed by atoms with Crippen LogP contribution in [-0.2, 0) is 6.42 Å². The molecular formula is C23H21NOS2. The summed E-state index contributed by atoms with van der Waals surface area (Å²) in [5, 5.41) is 3.09. The van der Waals surface area contributed by atoms with E-state index in [1.807, 2.05) is 72.1 Å². The molecule has 1 saturated heterocycles. The van der Waals surface area contributed by atoms with Gasteiger partial charge in [-0.1, -0.05) is 60.7 Å². The molecule has 4 rings (SSSR count). The molecule has 1 amide bonds. The molecule has 2 nitrogen and oxygen atoms in total. The SMILES string of the molecule is O=C(Nc1ccccc1Cc1ccccc1)c1ccc(C2SCCS2)cc1. The maximum Gasteiger partial charge on any atom is 0.255 e. The van der Waals surface area contributed by atoms with E-state index in [1.165, 1.54) is 22.6 Å². The van der Waals surface area contributed by atoms with E-state index in [4.69, 9.17) is 0 Å². The highest BCUT2D eigenvalue weighted by atomic mass is 32.2. The monoisotopic (exact) mass is 391 g/mol. The van der Waals surface area contributed by atoms with Gasteiger partial charge in [-0.3, -0.25) is 4.79 Å². The van der Waals surface area contributed by atoms with Crippen molar-refractivity contribution in [2.75, 3.05) is 16.8 Å². The molecule has 0 aliphatic carbocycles. The average molecular weight is 392 g/mol. The summed E-state index contributed by atoms with van der Waals surface area (Å²) in [6, 6.07) is 26.4. The lowest BCUT2D eigenvalue weighted by Crippen LogP contribution is -2.13. The van der Waals surface area contributed by atoms with Crippen LogP contribution in [0.3, 0.4) is 0 Å². The number of rotatable bonds is 5. The summed E-state index contributed by atoms with van der Waals surface area (Å²) in [5.74, 6) is 2.35. The molecular weight excluding hydrogens is 370 g/mol. The third kappa shape index (κ3) is 4.57. The van der Waals surface area contributed by atoms with Crippen LogP contribution in [-0.4, -0.2) is 17.4 Å². The first kappa shape index (κ1) is 18.2. The van der Waals surface area contributed by atoms with E-state index in [9.17, 15) is 4.79 Å². The minimum Gasteiger partial charge on any atom is -0.322 e. The number of thioether (sulfide) groups is 2. The summed E-state index contributed by atoms with van der Waals surface area (Å²) < 4.78 is 0.508. The fourth-order valence-corrected chi connectivity index (χ4v) is 6.01. The highest BCUT2D eigenvalue weighted by molar-refractivity contribution is 8.19. The summed E-state index contributed by atoms with van der Waals surface area (Å²) in [6.07, 6.45) is 0.798. The Kier molecular flexibility index (Phi) is 5.85. The largest absolute Gasteiger partial charge is 0.322 e. The molecule has 27 heavy (non-hydrogen) atoms. The molecule has 0 saturated carbocycles. The second-order valence-corrected chi connectivity index (χ2v) is 9.19. The number of hydrogen-bond acceptors (Lipinski definition) is 3. The summed E-state index contributed by atoms with van der Waals surface area (Å²) in [4.78, 5) is 12.7. The third-order valence-electron chi connectivity index (χ3n) is 4.57. The Bertz CT molecular complexity index is 903. The third-order valence-corrected chi connectivity index (χ3v) is 7.67. The Morgan fingerprint density at radius 2 is 1.52 bits per heavy atom. The van der Waals surface area contributed by atoms with Gasteiger partial charge in [-0.25, -0.2) is 0 Å². The van der Waals surface area contributed by atoms with Crippen molar-refractivity contribution in [2.45, 2.75) is 11.0 Å². The molecule has 0 atom stereocenters. The van der Waals surface area contributed by atoms with Crippen molar-refractivity contribution in [3.8, 4) is 0 Å². The van der Waals surface area contributed by atoms with Gasteiger partial charge < -0.3 is 5.32 Å². The second-order valence-electron chi connectivity index (χ2n) is 6.47. The fraction of sp³-hybridized carbons (Fsp3) is 0.174. The van der Waals surface area contributed by atoms with Crippen LogP contribution in [0.2, 0.25) is 0 Å². The smallest absolute Gasteiger partial charge is 0.255 e. The van der Waals surface area contributed by atoms with Crippen LogP contribution >= 0.6 is 23.5 Å². The number of carbonyl (C=O) groups excluding carboxylic acids is 1. The second kappa shape index (κ2) is 8.68. The molecule has 1 N–H and O–H groups in total. The summed E-state index contributed by atoms with van der Waals surface area (Å²) in [6.45, 7) is 0. The zero-order chi connectivity index (χ0) is 18.5. The Balaban J connectivity index is 1.48. The van der Waals surface area contributed by atoms with Crippen molar-refractivity contribution in [3.05, 3.63) is 101 Å². The number of amides is 1. The fourth-order valence-electron chi connectivity index (χ4n) is 3.15. The molecule has 3 aromatic carbocycles. The van der Waals surface area contributed by atoms with Gasteiger partial charge in [0.25, 0.3) is 5.91 Å².